The summed E-state index contributed by atoms with van der Waals surface area (Å²) in [6.07, 6.45) is 1.53. The smallest absolute Gasteiger partial charge is 0.289 e. The van der Waals surface area contributed by atoms with Crippen molar-refractivity contribution in [3.05, 3.63) is 95.7 Å². The van der Waals surface area contributed by atoms with E-state index in [1.165, 1.54) is 6.26 Å². The number of methoxy groups -OCH3 is 1. The quantitative estimate of drug-likeness (QED) is 0.421. The number of ether oxygens (including phenoxy) is 1. The number of carbonyl (C=O) groups is 1. The first-order valence-electron chi connectivity index (χ1n) is 11.2. The molecule has 1 amide bonds. The lowest BCUT2D eigenvalue weighted by molar-refractivity contribution is 0.0559. The Labute approximate surface area is 197 Å². The minimum atomic E-state index is -0.129. The monoisotopic (exact) mass is 458 g/mol. The van der Waals surface area contributed by atoms with Gasteiger partial charge in [0.1, 0.15) is 5.75 Å². The van der Waals surface area contributed by atoms with E-state index in [9.17, 15) is 4.79 Å². The Morgan fingerprint density at radius 1 is 1.00 bits per heavy atom. The second-order valence-corrected chi connectivity index (χ2v) is 8.16. The van der Waals surface area contributed by atoms with Crippen LogP contribution in [-0.2, 0) is 6.54 Å². The van der Waals surface area contributed by atoms with Crippen molar-refractivity contribution in [1.82, 2.24) is 30.0 Å². The summed E-state index contributed by atoms with van der Waals surface area (Å²) >= 11 is 0. The fourth-order valence-electron chi connectivity index (χ4n) is 4.32. The van der Waals surface area contributed by atoms with Crippen LogP contribution in [0.3, 0.4) is 0 Å². The summed E-state index contributed by atoms with van der Waals surface area (Å²) in [4.78, 5) is 16.9. The highest BCUT2D eigenvalue weighted by atomic mass is 16.5. The molecule has 0 bridgehead atoms. The molecule has 1 aliphatic rings. The Kier molecular flexibility index (Phi) is 6.35. The van der Waals surface area contributed by atoms with Gasteiger partial charge in [-0.25, -0.2) is 4.68 Å². The number of benzene rings is 2. The molecule has 174 valence electrons. The molecule has 9 nitrogen and oxygen atoms in total. The SMILES string of the molecule is COc1ccc(Cn2nnnc2[C@H](c2ccccc2)N2CCN(C(=O)c3ccco3)CC2)cc1. The molecule has 1 saturated heterocycles. The lowest BCUT2D eigenvalue weighted by Crippen LogP contribution is -2.50. The van der Waals surface area contributed by atoms with Crippen LogP contribution in [0, 0.1) is 0 Å². The van der Waals surface area contributed by atoms with Crippen LogP contribution in [0.2, 0.25) is 0 Å². The third-order valence-corrected chi connectivity index (χ3v) is 6.11. The van der Waals surface area contributed by atoms with Gasteiger partial charge >= 0.3 is 0 Å². The molecular weight excluding hydrogens is 432 g/mol. The minimum Gasteiger partial charge on any atom is -0.497 e. The summed E-state index contributed by atoms with van der Waals surface area (Å²) in [5.41, 5.74) is 2.19. The fourth-order valence-corrected chi connectivity index (χ4v) is 4.32. The van der Waals surface area contributed by atoms with E-state index in [0.29, 0.717) is 38.5 Å². The van der Waals surface area contributed by atoms with Crippen LogP contribution in [0.15, 0.2) is 77.4 Å². The van der Waals surface area contributed by atoms with Gasteiger partial charge in [-0.15, -0.1) is 5.10 Å². The lowest BCUT2D eigenvalue weighted by Gasteiger charge is -2.38. The minimum absolute atomic E-state index is 0.0785. The van der Waals surface area contributed by atoms with E-state index in [1.807, 2.05) is 52.0 Å². The average Bonchev–Trinajstić information content (AvgIpc) is 3.59. The Balaban J connectivity index is 1.38. The lowest BCUT2D eigenvalue weighted by atomic mass is 10.0. The molecule has 1 atom stereocenters. The van der Waals surface area contributed by atoms with Crippen LogP contribution in [0.4, 0.5) is 0 Å². The molecule has 0 N–H and O–H groups in total. The van der Waals surface area contributed by atoms with Gasteiger partial charge in [0.15, 0.2) is 11.6 Å². The fraction of sp³-hybridized carbons (Fsp3) is 0.280. The number of tetrazole rings is 1. The van der Waals surface area contributed by atoms with E-state index < -0.39 is 0 Å². The van der Waals surface area contributed by atoms with Gasteiger partial charge in [0, 0.05) is 26.2 Å². The molecule has 34 heavy (non-hydrogen) atoms. The summed E-state index contributed by atoms with van der Waals surface area (Å²) in [7, 11) is 1.65. The van der Waals surface area contributed by atoms with Crippen LogP contribution in [0.5, 0.6) is 5.75 Å². The van der Waals surface area contributed by atoms with Crippen LogP contribution < -0.4 is 4.74 Å². The van der Waals surface area contributed by atoms with Gasteiger partial charge in [-0.3, -0.25) is 9.69 Å². The molecule has 0 unspecified atom stereocenters. The number of aromatic nitrogens is 4. The van der Waals surface area contributed by atoms with E-state index in [1.54, 1.807) is 19.2 Å². The summed E-state index contributed by atoms with van der Waals surface area (Å²) < 4.78 is 12.4. The summed E-state index contributed by atoms with van der Waals surface area (Å²) in [5, 5.41) is 12.7. The van der Waals surface area contributed by atoms with Crippen molar-refractivity contribution in [1.29, 1.82) is 0 Å². The molecule has 9 heteroatoms. The Bertz CT molecular complexity index is 1200. The highest BCUT2D eigenvalue weighted by Crippen LogP contribution is 2.28. The van der Waals surface area contributed by atoms with Crippen molar-refractivity contribution in [3.8, 4) is 5.75 Å². The first-order chi connectivity index (χ1) is 16.7. The first kappa shape index (κ1) is 21.8. The number of amides is 1. The molecule has 4 aromatic rings. The van der Waals surface area contributed by atoms with Gasteiger partial charge in [0.25, 0.3) is 5.91 Å². The number of rotatable bonds is 7. The second-order valence-electron chi connectivity index (χ2n) is 8.16. The van der Waals surface area contributed by atoms with E-state index in [0.717, 1.165) is 22.7 Å². The zero-order valence-corrected chi connectivity index (χ0v) is 18.9. The zero-order valence-electron chi connectivity index (χ0n) is 18.9. The maximum absolute atomic E-state index is 12.7. The van der Waals surface area contributed by atoms with Crippen molar-refractivity contribution < 1.29 is 13.9 Å². The number of hydrogen-bond acceptors (Lipinski definition) is 7. The third-order valence-electron chi connectivity index (χ3n) is 6.11. The molecule has 2 aromatic heterocycles. The largest absolute Gasteiger partial charge is 0.497 e. The standard InChI is InChI=1S/C25H26N6O3/c1-33-21-11-9-19(10-12-21)18-31-24(26-27-28-31)23(20-6-3-2-4-7-20)29-13-15-30(16-14-29)25(32)22-8-5-17-34-22/h2-12,17,23H,13-16,18H2,1H3/t23-/m0/s1. The maximum Gasteiger partial charge on any atom is 0.289 e. The zero-order chi connectivity index (χ0) is 23.3. The van der Waals surface area contributed by atoms with E-state index >= 15 is 0 Å². The van der Waals surface area contributed by atoms with Gasteiger partial charge in [-0.1, -0.05) is 42.5 Å². The van der Waals surface area contributed by atoms with Crippen molar-refractivity contribution in [2.24, 2.45) is 0 Å². The predicted octanol–water partition coefficient (Wildman–Crippen LogP) is 2.87. The van der Waals surface area contributed by atoms with E-state index in [2.05, 4.69) is 32.6 Å². The van der Waals surface area contributed by atoms with Gasteiger partial charge in [-0.2, -0.15) is 0 Å². The highest BCUT2D eigenvalue weighted by Gasteiger charge is 2.32. The predicted molar refractivity (Wildman–Crippen MR) is 124 cm³/mol. The Morgan fingerprint density at radius 3 is 2.44 bits per heavy atom. The molecule has 0 radical (unpaired) electrons. The van der Waals surface area contributed by atoms with Crippen LogP contribution >= 0.6 is 0 Å². The molecule has 0 saturated carbocycles. The highest BCUT2D eigenvalue weighted by molar-refractivity contribution is 5.91. The van der Waals surface area contributed by atoms with Crippen molar-refractivity contribution in [3.63, 3.8) is 0 Å². The molecule has 0 spiro atoms. The normalized spacial score (nSPS) is 15.3. The van der Waals surface area contributed by atoms with Gasteiger partial charge in [0.2, 0.25) is 0 Å². The number of carbonyl (C=O) groups excluding carboxylic acids is 1. The van der Waals surface area contributed by atoms with Gasteiger partial charge in [0.05, 0.1) is 26.0 Å². The topological polar surface area (TPSA) is 89.5 Å². The molecular formula is C25H26N6O3. The number of furan rings is 1. The van der Waals surface area contributed by atoms with E-state index in [-0.39, 0.29) is 11.9 Å². The summed E-state index contributed by atoms with van der Waals surface area (Å²) in [5.74, 6) is 1.87. The van der Waals surface area contributed by atoms with Gasteiger partial charge in [-0.05, 0) is 45.8 Å². The first-order valence-corrected chi connectivity index (χ1v) is 11.2. The van der Waals surface area contributed by atoms with Crippen LogP contribution in [-0.4, -0.2) is 69.2 Å². The van der Waals surface area contributed by atoms with E-state index in [4.69, 9.17) is 9.15 Å². The molecule has 5 rings (SSSR count). The maximum atomic E-state index is 12.7. The van der Waals surface area contributed by atoms with Crippen molar-refractivity contribution >= 4 is 5.91 Å². The summed E-state index contributed by atoms with van der Waals surface area (Å²) in [6, 6.07) is 21.4. The summed E-state index contributed by atoms with van der Waals surface area (Å²) in [6.45, 7) is 3.14. The molecule has 3 heterocycles. The van der Waals surface area contributed by atoms with Crippen LogP contribution in [0.25, 0.3) is 0 Å². The van der Waals surface area contributed by atoms with Crippen LogP contribution in [0.1, 0.15) is 33.5 Å². The molecule has 2 aromatic carbocycles. The molecule has 1 aliphatic heterocycles. The molecule has 1 fully saturated rings. The number of piperazine rings is 1. The Morgan fingerprint density at radius 2 is 1.76 bits per heavy atom. The van der Waals surface area contributed by atoms with Gasteiger partial charge < -0.3 is 14.1 Å². The third kappa shape index (κ3) is 4.55. The second kappa shape index (κ2) is 9.88. The number of nitrogens with zero attached hydrogens (tertiary/aromatic N) is 6. The van der Waals surface area contributed by atoms with Crippen molar-refractivity contribution in [2.75, 3.05) is 33.3 Å². The number of hydrogen-bond donors (Lipinski definition) is 0. The average molecular weight is 459 g/mol. The molecule has 0 aliphatic carbocycles. The van der Waals surface area contributed by atoms with Crippen molar-refractivity contribution in [2.45, 2.75) is 12.6 Å². The Hall–Kier alpha value is -3.98.